The van der Waals surface area contributed by atoms with Crippen LogP contribution < -0.4 is 0 Å². The van der Waals surface area contributed by atoms with E-state index < -0.39 is 6.10 Å². The lowest BCUT2D eigenvalue weighted by Crippen LogP contribution is -2.23. The lowest BCUT2D eigenvalue weighted by Gasteiger charge is -2.21. The Morgan fingerprint density at radius 1 is 1.31 bits per heavy atom. The van der Waals surface area contributed by atoms with Crippen molar-refractivity contribution >= 4 is 5.97 Å². The van der Waals surface area contributed by atoms with E-state index in [1.165, 1.54) is 32.1 Å². The Morgan fingerprint density at radius 3 is 2.88 bits per heavy atom. The van der Waals surface area contributed by atoms with E-state index in [2.05, 4.69) is 11.8 Å². The van der Waals surface area contributed by atoms with Gasteiger partial charge in [-0.3, -0.25) is 4.79 Å². The van der Waals surface area contributed by atoms with Gasteiger partial charge >= 0.3 is 5.97 Å². The third-order valence-corrected chi connectivity index (χ3v) is 6.05. The first-order valence-corrected chi connectivity index (χ1v) is 10.2. The number of hydrogen-bond donors (Lipinski definition) is 1. The molecule has 146 valence electrons. The van der Waals surface area contributed by atoms with Gasteiger partial charge in [0, 0.05) is 18.9 Å². The van der Waals surface area contributed by atoms with Crippen LogP contribution in [0.25, 0.3) is 0 Å². The molecule has 2 aliphatic carbocycles. The van der Waals surface area contributed by atoms with Crippen LogP contribution in [0.4, 0.5) is 0 Å². The van der Waals surface area contributed by atoms with Crippen molar-refractivity contribution in [3.8, 4) is 11.8 Å². The quantitative estimate of drug-likeness (QED) is 0.326. The van der Waals surface area contributed by atoms with Crippen molar-refractivity contribution < 1.29 is 24.1 Å². The fourth-order valence-electron chi connectivity index (χ4n) is 4.59. The summed E-state index contributed by atoms with van der Waals surface area (Å²) in [6.45, 7) is 2.76. The van der Waals surface area contributed by atoms with E-state index >= 15 is 0 Å². The molecule has 1 N–H and O–H groups in total. The molecule has 0 radical (unpaired) electrons. The topological polar surface area (TPSA) is 65.0 Å². The molecular formula is C21H32O5. The van der Waals surface area contributed by atoms with Crippen molar-refractivity contribution in [3.05, 3.63) is 0 Å². The maximum Gasteiger partial charge on any atom is 0.306 e. The first kappa shape index (κ1) is 19.7. The maximum absolute atomic E-state index is 11.6. The summed E-state index contributed by atoms with van der Waals surface area (Å²) >= 11 is 0. The monoisotopic (exact) mass is 364 g/mol. The summed E-state index contributed by atoms with van der Waals surface area (Å²) in [6, 6.07) is 0. The summed E-state index contributed by atoms with van der Waals surface area (Å²) in [5.41, 5.74) is 0. The number of rotatable bonds is 7. The largest absolute Gasteiger partial charge is 0.462 e. The first-order chi connectivity index (χ1) is 12.7. The van der Waals surface area contributed by atoms with Gasteiger partial charge in [0.05, 0.1) is 18.4 Å². The number of carbonyl (C=O) groups excluding carboxylic acids is 1. The summed E-state index contributed by atoms with van der Waals surface area (Å²) in [4.78, 5) is 11.6. The van der Waals surface area contributed by atoms with Gasteiger partial charge in [0.2, 0.25) is 0 Å². The van der Waals surface area contributed by atoms with E-state index in [1.807, 2.05) is 6.92 Å². The van der Waals surface area contributed by atoms with Crippen molar-refractivity contribution in [2.24, 2.45) is 17.8 Å². The van der Waals surface area contributed by atoms with E-state index in [0.29, 0.717) is 19.4 Å². The van der Waals surface area contributed by atoms with Crippen LogP contribution in [-0.2, 0) is 19.0 Å². The lowest BCUT2D eigenvalue weighted by atomic mass is 9.85. The van der Waals surface area contributed by atoms with Crippen molar-refractivity contribution in [1.29, 1.82) is 0 Å². The predicted molar refractivity (Wildman–Crippen MR) is 97.1 cm³/mol. The van der Waals surface area contributed by atoms with Gasteiger partial charge < -0.3 is 19.3 Å². The smallest absolute Gasteiger partial charge is 0.306 e. The second-order valence-corrected chi connectivity index (χ2v) is 7.86. The first-order valence-electron chi connectivity index (χ1n) is 10.2. The highest BCUT2D eigenvalue weighted by atomic mass is 16.7. The van der Waals surface area contributed by atoms with Crippen LogP contribution in [0.3, 0.4) is 0 Å². The molecule has 0 amide bonds. The summed E-state index contributed by atoms with van der Waals surface area (Å²) in [5.74, 6) is 6.86. The number of fused-ring (bicyclic) bond motifs is 1. The Kier molecular flexibility index (Phi) is 7.36. The van der Waals surface area contributed by atoms with Crippen molar-refractivity contribution in [2.75, 3.05) is 13.4 Å². The normalized spacial score (nSPS) is 32.6. The highest BCUT2D eigenvalue weighted by Gasteiger charge is 2.50. The van der Waals surface area contributed by atoms with Gasteiger partial charge in [-0.1, -0.05) is 43.9 Å². The van der Waals surface area contributed by atoms with Crippen LogP contribution >= 0.6 is 0 Å². The molecule has 2 saturated carbocycles. The van der Waals surface area contributed by atoms with Crippen molar-refractivity contribution in [2.45, 2.75) is 83.0 Å². The fraction of sp³-hybridized carbons (Fsp3) is 0.857. The molecule has 3 rings (SSSR count). The number of aliphatic hydroxyl groups is 1. The SMILES string of the molecule is CCOCO[C@@H]1C[C@@H]2OC(=O)C[C@@H]2[C@H]1C#C[C@@H](O)CCC1CCCCC1. The molecule has 0 unspecified atom stereocenters. The Labute approximate surface area is 156 Å². The zero-order valence-corrected chi connectivity index (χ0v) is 15.8. The van der Waals surface area contributed by atoms with E-state index in [0.717, 1.165) is 18.8 Å². The molecule has 3 fully saturated rings. The molecule has 0 spiro atoms. The van der Waals surface area contributed by atoms with Crippen LogP contribution in [0.15, 0.2) is 0 Å². The van der Waals surface area contributed by atoms with Gasteiger partial charge in [-0.25, -0.2) is 0 Å². The van der Waals surface area contributed by atoms with Gasteiger partial charge in [0.1, 0.15) is 19.0 Å². The highest BCUT2D eigenvalue weighted by Crippen LogP contribution is 2.42. The molecule has 1 saturated heterocycles. The van der Waals surface area contributed by atoms with Crippen LogP contribution in [0.1, 0.15) is 64.7 Å². The lowest BCUT2D eigenvalue weighted by molar-refractivity contribution is -0.143. The number of ether oxygens (including phenoxy) is 3. The molecule has 0 aromatic carbocycles. The molecule has 5 atom stereocenters. The van der Waals surface area contributed by atoms with Crippen LogP contribution in [-0.4, -0.2) is 42.8 Å². The molecule has 3 aliphatic rings. The molecule has 26 heavy (non-hydrogen) atoms. The van der Waals surface area contributed by atoms with Crippen LogP contribution in [0.5, 0.6) is 0 Å². The third-order valence-electron chi connectivity index (χ3n) is 6.05. The molecule has 5 heteroatoms. The number of hydrogen-bond acceptors (Lipinski definition) is 5. The minimum absolute atomic E-state index is 0.0729. The Balaban J connectivity index is 1.53. The van der Waals surface area contributed by atoms with Crippen molar-refractivity contribution in [1.82, 2.24) is 0 Å². The Hall–Kier alpha value is -1.09. The van der Waals surface area contributed by atoms with Gasteiger partial charge in [-0.15, -0.1) is 0 Å². The summed E-state index contributed by atoms with van der Waals surface area (Å²) in [6.07, 6.45) is 8.65. The van der Waals surface area contributed by atoms with E-state index in [9.17, 15) is 9.90 Å². The van der Waals surface area contributed by atoms with Crippen molar-refractivity contribution in [3.63, 3.8) is 0 Å². The van der Waals surface area contributed by atoms with E-state index in [4.69, 9.17) is 14.2 Å². The van der Waals surface area contributed by atoms with Gasteiger partial charge in [-0.05, 0) is 25.7 Å². The summed E-state index contributed by atoms with van der Waals surface area (Å²) in [7, 11) is 0. The molecule has 0 aromatic heterocycles. The predicted octanol–water partition coefficient (Wildman–Crippen LogP) is 3.04. The number of esters is 1. The minimum Gasteiger partial charge on any atom is -0.462 e. The fourth-order valence-corrected chi connectivity index (χ4v) is 4.59. The minimum atomic E-state index is -0.596. The summed E-state index contributed by atoms with van der Waals surface area (Å²) < 4.78 is 16.5. The zero-order chi connectivity index (χ0) is 18.4. The van der Waals surface area contributed by atoms with Crippen LogP contribution in [0, 0.1) is 29.6 Å². The molecule has 0 aromatic rings. The third kappa shape index (κ3) is 5.22. The summed E-state index contributed by atoms with van der Waals surface area (Å²) in [5, 5.41) is 10.3. The number of carbonyl (C=O) groups is 1. The maximum atomic E-state index is 11.6. The average molecular weight is 364 g/mol. The molecule has 5 nitrogen and oxygen atoms in total. The second-order valence-electron chi connectivity index (χ2n) is 7.86. The Morgan fingerprint density at radius 2 is 2.12 bits per heavy atom. The average Bonchev–Trinajstić information content (AvgIpc) is 3.15. The number of aliphatic hydroxyl groups excluding tert-OH is 1. The van der Waals surface area contributed by atoms with E-state index in [1.54, 1.807) is 0 Å². The molecule has 1 heterocycles. The van der Waals surface area contributed by atoms with Gasteiger partial charge in [0.25, 0.3) is 0 Å². The standard InChI is InChI=1S/C21H32O5/c1-2-24-14-25-19-13-20-18(12-21(23)26-20)17(19)11-10-16(22)9-8-15-6-4-3-5-7-15/h15-20,22H,2-9,12-14H2,1H3/t16-,17+,18+,19+,20-/m0/s1. The Bertz CT molecular complexity index is 516. The van der Waals surface area contributed by atoms with Crippen LogP contribution in [0.2, 0.25) is 0 Å². The van der Waals surface area contributed by atoms with Gasteiger partial charge in [0.15, 0.2) is 0 Å². The van der Waals surface area contributed by atoms with Gasteiger partial charge in [-0.2, -0.15) is 0 Å². The van der Waals surface area contributed by atoms with E-state index in [-0.39, 0.29) is 36.8 Å². The highest BCUT2D eigenvalue weighted by molar-refractivity contribution is 5.72. The molecular weight excluding hydrogens is 332 g/mol. The molecule has 1 aliphatic heterocycles. The zero-order valence-electron chi connectivity index (χ0n) is 15.8. The second kappa shape index (κ2) is 9.73. The molecule has 0 bridgehead atoms.